The molecule has 0 unspecified atom stereocenters. The van der Waals surface area contributed by atoms with Crippen LogP contribution in [0, 0.1) is 0 Å². The Kier molecular flexibility index (Phi) is 6.06. The molecule has 3 rings (SSSR count). The molecule has 1 fully saturated rings. The summed E-state index contributed by atoms with van der Waals surface area (Å²) in [4.78, 5) is 35.3. The molecule has 1 aliphatic rings. The molecule has 0 spiro atoms. The van der Waals surface area contributed by atoms with Crippen molar-refractivity contribution in [1.29, 1.82) is 0 Å². The molecule has 27 heavy (non-hydrogen) atoms. The fraction of sp³-hybridized carbons (Fsp3) is 0.381. The van der Waals surface area contributed by atoms with E-state index in [1.807, 2.05) is 36.9 Å². The number of carbonyl (C=O) groups excluding carboxylic acids is 2. The molecule has 1 saturated heterocycles. The minimum absolute atomic E-state index is 0.00275. The van der Waals surface area contributed by atoms with Gasteiger partial charge in [0.15, 0.2) is 0 Å². The average Bonchev–Trinajstić information content (AvgIpc) is 2.75. The number of carbonyl (C=O) groups is 2. The Morgan fingerprint density at radius 1 is 0.926 bits per heavy atom. The zero-order valence-corrected chi connectivity index (χ0v) is 16.0. The van der Waals surface area contributed by atoms with E-state index in [1.165, 1.54) is 0 Å². The molecule has 142 valence electrons. The summed E-state index contributed by atoms with van der Waals surface area (Å²) in [5.41, 5.74) is 1.24. The molecule has 1 aromatic carbocycles. The summed E-state index contributed by atoms with van der Waals surface area (Å²) >= 11 is 0. The SMILES string of the molecule is CCN(CC)C(=O)c1ccc(C(=O)N2CCN(c3ccccn3)CC2)cc1. The predicted octanol–water partition coefficient (Wildman–Crippen LogP) is 2.53. The highest BCUT2D eigenvalue weighted by atomic mass is 16.2. The van der Waals surface area contributed by atoms with E-state index in [2.05, 4.69) is 9.88 Å². The van der Waals surface area contributed by atoms with E-state index in [0.717, 1.165) is 18.9 Å². The highest BCUT2D eigenvalue weighted by Crippen LogP contribution is 2.15. The Balaban J connectivity index is 1.61. The molecule has 0 N–H and O–H groups in total. The Labute approximate surface area is 160 Å². The average molecular weight is 366 g/mol. The van der Waals surface area contributed by atoms with Gasteiger partial charge in [-0.25, -0.2) is 4.98 Å². The number of anilines is 1. The largest absolute Gasteiger partial charge is 0.353 e. The summed E-state index contributed by atoms with van der Waals surface area (Å²) in [6.45, 7) is 8.13. The minimum atomic E-state index is 0.00275. The maximum atomic E-state index is 12.8. The molecular weight excluding hydrogens is 340 g/mol. The molecule has 2 amide bonds. The smallest absolute Gasteiger partial charge is 0.253 e. The fourth-order valence-electron chi connectivity index (χ4n) is 3.31. The van der Waals surface area contributed by atoms with E-state index in [4.69, 9.17) is 0 Å². The molecule has 0 aliphatic carbocycles. The van der Waals surface area contributed by atoms with Crippen LogP contribution in [0.2, 0.25) is 0 Å². The molecule has 0 bridgehead atoms. The van der Waals surface area contributed by atoms with E-state index < -0.39 is 0 Å². The lowest BCUT2D eigenvalue weighted by Gasteiger charge is -2.35. The Bertz CT molecular complexity index is 765. The van der Waals surface area contributed by atoms with Gasteiger partial charge in [-0.05, 0) is 50.2 Å². The van der Waals surface area contributed by atoms with Crippen molar-refractivity contribution in [3.8, 4) is 0 Å². The maximum absolute atomic E-state index is 12.8. The zero-order valence-electron chi connectivity index (χ0n) is 16.0. The number of rotatable bonds is 5. The zero-order chi connectivity index (χ0) is 19.2. The highest BCUT2D eigenvalue weighted by Gasteiger charge is 2.23. The number of amides is 2. The minimum Gasteiger partial charge on any atom is -0.353 e. The maximum Gasteiger partial charge on any atom is 0.253 e. The van der Waals surface area contributed by atoms with Crippen molar-refractivity contribution in [3.05, 3.63) is 59.8 Å². The number of nitrogens with zero attached hydrogens (tertiary/aromatic N) is 4. The first-order valence-corrected chi connectivity index (χ1v) is 9.48. The quantitative estimate of drug-likeness (QED) is 0.816. The Morgan fingerprint density at radius 2 is 1.56 bits per heavy atom. The lowest BCUT2D eigenvalue weighted by atomic mass is 10.1. The van der Waals surface area contributed by atoms with Crippen LogP contribution in [-0.2, 0) is 0 Å². The van der Waals surface area contributed by atoms with Crippen molar-refractivity contribution >= 4 is 17.6 Å². The van der Waals surface area contributed by atoms with Crippen LogP contribution in [0.25, 0.3) is 0 Å². The molecule has 1 aromatic heterocycles. The summed E-state index contributed by atoms with van der Waals surface area (Å²) in [6.07, 6.45) is 1.79. The van der Waals surface area contributed by atoms with Gasteiger partial charge in [0.1, 0.15) is 5.82 Å². The van der Waals surface area contributed by atoms with Crippen LogP contribution in [0.15, 0.2) is 48.7 Å². The molecule has 0 atom stereocenters. The van der Waals surface area contributed by atoms with Crippen molar-refractivity contribution in [2.45, 2.75) is 13.8 Å². The molecule has 6 nitrogen and oxygen atoms in total. The van der Waals surface area contributed by atoms with E-state index in [0.29, 0.717) is 37.3 Å². The third-order valence-corrected chi connectivity index (χ3v) is 4.97. The van der Waals surface area contributed by atoms with Gasteiger partial charge in [0.2, 0.25) is 0 Å². The second-order valence-corrected chi connectivity index (χ2v) is 6.52. The van der Waals surface area contributed by atoms with E-state index in [1.54, 1.807) is 35.4 Å². The lowest BCUT2D eigenvalue weighted by Crippen LogP contribution is -2.49. The number of piperazine rings is 1. The van der Waals surface area contributed by atoms with Gasteiger partial charge in [-0.15, -0.1) is 0 Å². The van der Waals surface area contributed by atoms with Gasteiger partial charge >= 0.3 is 0 Å². The van der Waals surface area contributed by atoms with Crippen molar-refractivity contribution in [2.24, 2.45) is 0 Å². The van der Waals surface area contributed by atoms with Crippen LogP contribution in [0.3, 0.4) is 0 Å². The van der Waals surface area contributed by atoms with E-state index in [-0.39, 0.29) is 11.8 Å². The van der Waals surface area contributed by atoms with Gasteiger partial charge in [-0.2, -0.15) is 0 Å². The van der Waals surface area contributed by atoms with Crippen molar-refractivity contribution < 1.29 is 9.59 Å². The second-order valence-electron chi connectivity index (χ2n) is 6.52. The van der Waals surface area contributed by atoms with Crippen molar-refractivity contribution in [1.82, 2.24) is 14.8 Å². The standard InChI is InChI=1S/C21H26N4O2/c1-3-23(4-2)20(26)17-8-10-18(11-9-17)21(27)25-15-13-24(14-16-25)19-7-5-6-12-22-19/h5-12H,3-4,13-16H2,1-2H3. The first kappa shape index (κ1) is 18.9. The van der Waals surface area contributed by atoms with Crippen LogP contribution in [0.1, 0.15) is 34.6 Å². The summed E-state index contributed by atoms with van der Waals surface area (Å²) in [7, 11) is 0. The van der Waals surface area contributed by atoms with Gasteiger partial charge in [0.25, 0.3) is 11.8 Å². The monoisotopic (exact) mass is 366 g/mol. The summed E-state index contributed by atoms with van der Waals surface area (Å²) < 4.78 is 0. The molecule has 2 heterocycles. The van der Waals surface area contributed by atoms with Gasteiger partial charge < -0.3 is 14.7 Å². The van der Waals surface area contributed by atoms with Gasteiger partial charge in [-0.3, -0.25) is 9.59 Å². The lowest BCUT2D eigenvalue weighted by molar-refractivity contribution is 0.0742. The van der Waals surface area contributed by atoms with Gasteiger partial charge in [0.05, 0.1) is 0 Å². The number of aromatic nitrogens is 1. The number of hydrogen-bond donors (Lipinski definition) is 0. The number of pyridine rings is 1. The first-order chi connectivity index (χ1) is 13.1. The van der Waals surface area contributed by atoms with E-state index in [9.17, 15) is 9.59 Å². The molecule has 0 radical (unpaired) electrons. The van der Waals surface area contributed by atoms with Crippen molar-refractivity contribution in [2.75, 3.05) is 44.2 Å². The normalized spacial score (nSPS) is 14.1. The fourth-order valence-corrected chi connectivity index (χ4v) is 3.31. The first-order valence-electron chi connectivity index (χ1n) is 9.48. The topological polar surface area (TPSA) is 56.8 Å². The van der Waals surface area contributed by atoms with Gasteiger partial charge in [0, 0.05) is 56.6 Å². The van der Waals surface area contributed by atoms with Gasteiger partial charge in [-0.1, -0.05) is 6.07 Å². The third kappa shape index (κ3) is 4.27. The molecule has 6 heteroatoms. The Morgan fingerprint density at radius 3 is 2.11 bits per heavy atom. The Hall–Kier alpha value is -2.89. The summed E-state index contributed by atoms with van der Waals surface area (Å²) in [6, 6.07) is 12.9. The highest BCUT2D eigenvalue weighted by molar-refractivity contribution is 5.98. The predicted molar refractivity (Wildman–Crippen MR) is 106 cm³/mol. The molecular formula is C21H26N4O2. The van der Waals surface area contributed by atoms with Crippen LogP contribution in [0.5, 0.6) is 0 Å². The van der Waals surface area contributed by atoms with Crippen LogP contribution < -0.4 is 4.90 Å². The summed E-state index contributed by atoms with van der Waals surface area (Å²) in [5, 5.41) is 0. The second kappa shape index (κ2) is 8.66. The van der Waals surface area contributed by atoms with Crippen LogP contribution in [0.4, 0.5) is 5.82 Å². The van der Waals surface area contributed by atoms with E-state index >= 15 is 0 Å². The van der Waals surface area contributed by atoms with Crippen LogP contribution in [-0.4, -0.2) is 65.9 Å². The molecule has 0 saturated carbocycles. The number of hydrogen-bond acceptors (Lipinski definition) is 4. The molecule has 2 aromatic rings. The molecule has 1 aliphatic heterocycles. The number of benzene rings is 1. The summed E-state index contributed by atoms with van der Waals surface area (Å²) in [5.74, 6) is 0.962. The third-order valence-electron chi connectivity index (χ3n) is 4.97. The van der Waals surface area contributed by atoms with Crippen LogP contribution >= 0.6 is 0 Å². The van der Waals surface area contributed by atoms with Crippen molar-refractivity contribution in [3.63, 3.8) is 0 Å².